The van der Waals surface area contributed by atoms with Gasteiger partial charge in [0, 0.05) is 24.7 Å². The summed E-state index contributed by atoms with van der Waals surface area (Å²) >= 11 is 1.69. The van der Waals surface area contributed by atoms with Crippen molar-refractivity contribution >= 4 is 41.3 Å². The average Bonchev–Trinajstić information content (AvgIpc) is 2.96. The first-order valence-electron chi connectivity index (χ1n) is 7.61. The quantitative estimate of drug-likeness (QED) is 0.395. The highest BCUT2D eigenvalue weighted by Gasteiger charge is 2.05. The topological polar surface area (TPSA) is 58.5 Å². The predicted octanol–water partition coefficient (Wildman–Crippen LogP) is 3.29. The molecule has 0 aliphatic carbocycles. The lowest BCUT2D eigenvalue weighted by Crippen LogP contribution is -2.37. The van der Waals surface area contributed by atoms with Crippen LogP contribution in [0.5, 0.6) is 5.75 Å². The van der Waals surface area contributed by atoms with E-state index in [1.165, 1.54) is 16.0 Å². The third-order valence-corrected chi connectivity index (χ3v) is 4.36. The van der Waals surface area contributed by atoms with Gasteiger partial charge in [-0.15, -0.1) is 35.3 Å². The summed E-state index contributed by atoms with van der Waals surface area (Å²) in [6.07, 6.45) is 2.78. The first-order valence-corrected chi connectivity index (χ1v) is 8.43. The molecule has 0 bridgehead atoms. The highest BCUT2D eigenvalue weighted by atomic mass is 127. The molecule has 2 N–H and O–H groups in total. The Morgan fingerprint density at radius 3 is 2.71 bits per heavy atom. The fourth-order valence-electron chi connectivity index (χ4n) is 2.30. The minimum Gasteiger partial charge on any atom is -0.496 e. The van der Waals surface area contributed by atoms with Gasteiger partial charge in [-0.05, 0) is 31.9 Å². The molecular weight excluding hydrogens is 435 g/mol. The molecule has 0 atom stereocenters. The van der Waals surface area contributed by atoms with E-state index in [1.807, 2.05) is 19.2 Å². The van der Waals surface area contributed by atoms with Crippen LogP contribution in [0.4, 0.5) is 0 Å². The normalized spacial score (nSPS) is 10.9. The molecule has 0 aliphatic heterocycles. The van der Waals surface area contributed by atoms with Crippen LogP contribution in [0.3, 0.4) is 0 Å². The lowest BCUT2D eigenvalue weighted by atomic mass is 10.1. The molecule has 0 radical (unpaired) electrons. The lowest BCUT2D eigenvalue weighted by Gasteiger charge is -2.13. The molecule has 24 heavy (non-hydrogen) atoms. The van der Waals surface area contributed by atoms with E-state index >= 15 is 0 Å². The van der Waals surface area contributed by atoms with Crippen LogP contribution in [0, 0.1) is 13.8 Å². The Balaban J connectivity index is 0.00000288. The Hall–Kier alpha value is -1.35. The summed E-state index contributed by atoms with van der Waals surface area (Å²) in [5.41, 5.74) is 2.44. The van der Waals surface area contributed by atoms with Crippen molar-refractivity contribution in [3.8, 4) is 5.75 Å². The van der Waals surface area contributed by atoms with E-state index in [0.29, 0.717) is 0 Å². The number of guanidine groups is 1. The van der Waals surface area contributed by atoms with E-state index in [1.54, 1.807) is 25.5 Å². The average molecular weight is 460 g/mol. The fourth-order valence-corrected chi connectivity index (χ4v) is 3.03. The second kappa shape index (κ2) is 10.5. The van der Waals surface area contributed by atoms with Crippen LogP contribution < -0.4 is 15.4 Å². The second-order valence-corrected chi connectivity index (χ2v) is 6.58. The molecule has 2 rings (SSSR count). The summed E-state index contributed by atoms with van der Waals surface area (Å²) in [5, 5.41) is 7.72. The van der Waals surface area contributed by atoms with Crippen molar-refractivity contribution in [1.82, 2.24) is 15.6 Å². The Kier molecular flexibility index (Phi) is 9.05. The Labute approximate surface area is 165 Å². The van der Waals surface area contributed by atoms with Crippen molar-refractivity contribution in [2.45, 2.75) is 26.8 Å². The molecule has 0 aliphatic rings. The monoisotopic (exact) mass is 460 g/mol. The zero-order valence-electron chi connectivity index (χ0n) is 14.5. The van der Waals surface area contributed by atoms with E-state index in [-0.39, 0.29) is 24.0 Å². The number of methoxy groups -OCH3 is 1. The van der Waals surface area contributed by atoms with Crippen molar-refractivity contribution in [3.63, 3.8) is 0 Å². The maximum absolute atomic E-state index is 5.41. The Bertz CT molecular complexity index is 672. The van der Waals surface area contributed by atoms with Gasteiger partial charge in [-0.1, -0.05) is 17.7 Å². The van der Waals surface area contributed by atoms with Gasteiger partial charge in [0.1, 0.15) is 5.75 Å². The first-order chi connectivity index (χ1) is 11.1. The molecule has 7 heteroatoms. The first kappa shape index (κ1) is 20.7. The third-order valence-electron chi connectivity index (χ3n) is 3.45. The second-order valence-electron chi connectivity index (χ2n) is 5.26. The maximum Gasteiger partial charge on any atom is 0.191 e. The van der Waals surface area contributed by atoms with Gasteiger partial charge in [0.25, 0.3) is 0 Å². The van der Waals surface area contributed by atoms with Gasteiger partial charge in [-0.25, -0.2) is 4.98 Å². The van der Waals surface area contributed by atoms with Crippen LogP contribution in [0.15, 0.2) is 29.4 Å². The van der Waals surface area contributed by atoms with E-state index in [9.17, 15) is 0 Å². The lowest BCUT2D eigenvalue weighted by molar-refractivity contribution is 0.409. The highest BCUT2D eigenvalue weighted by Crippen LogP contribution is 2.19. The van der Waals surface area contributed by atoms with Crippen molar-refractivity contribution in [2.75, 3.05) is 20.7 Å². The summed E-state index contributed by atoms with van der Waals surface area (Å²) in [6, 6.07) is 6.24. The summed E-state index contributed by atoms with van der Waals surface area (Å²) < 4.78 is 5.41. The highest BCUT2D eigenvalue weighted by molar-refractivity contribution is 14.0. The van der Waals surface area contributed by atoms with Crippen molar-refractivity contribution in [2.24, 2.45) is 4.99 Å². The van der Waals surface area contributed by atoms with Crippen LogP contribution in [0.1, 0.15) is 21.0 Å². The smallest absolute Gasteiger partial charge is 0.191 e. The van der Waals surface area contributed by atoms with Gasteiger partial charge < -0.3 is 15.4 Å². The molecule has 5 nitrogen and oxygen atoms in total. The predicted molar refractivity (Wildman–Crippen MR) is 112 cm³/mol. The number of nitrogens with zero attached hydrogens (tertiary/aromatic N) is 2. The molecule has 0 unspecified atom stereocenters. The van der Waals surface area contributed by atoms with E-state index < -0.39 is 0 Å². The molecule has 0 saturated heterocycles. The molecule has 2 aromatic rings. The standard InChI is InChI=1S/C17H24N4OS.HI/c1-12-5-6-16(22-4)14(9-12)7-8-19-17(18-3)21-11-15-10-20-13(2)23-15;/h5-6,9-10H,7-8,11H2,1-4H3,(H2,18,19,21);1H. The maximum atomic E-state index is 5.41. The van der Waals surface area contributed by atoms with Crippen LogP contribution in [-0.2, 0) is 13.0 Å². The summed E-state index contributed by atoms with van der Waals surface area (Å²) in [5.74, 6) is 1.73. The zero-order chi connectivity index (χ0) is 16.7. The summed E-state index contributed by atoms with van der Waals surface area (Å²) in [7, 11) is 3.49. The van der Waals surface area contributed by atoms with Gasteiger partial charge in [0.05, 0.1) is 18.7 Å². The number of benzene rings is 1. The minimum atomic E-state index is 0. The molecule has 132 valence electrons. The molecule has 0 saturated carbocycles. The fraction of sp³-hybridized carbons (Fsp3) is 0.412. The number of thiazole rings is 1. The number of aliphatic imine (C=N–C) groups is 1. The van der Waals surface area contributed by atoms with Gasteiger partial charge in [-0.3, -0.25) is 4.99 Å². The molecular formula is C17H25IN4OS. The number of rotatable bonds is 6. The SMILES string of the molecule is CN=C(NCCc1cc(C)ccc1OC)NCc1cnc(C)s1.I. The Morgan fingerprint density at radius 1 is 1.29 bits per heavy atom. The summed E-state index contributed by atoms with van der Waals surface area (Å²) in [6.45, 7) is 5.63. The molecule has 0 fully saturated rings. The number of ether oxygens (including phenoxy) is 1. The van der Waals surface area contributed by atoms with Crippen LogP contribution >= 0.6 is 35.3 Å². The molecule has 1 heterocycles. The van der Waals surface area contributed by atoms with Gasteiger partial charge in [0.15, 0.2) is 5.96 Å². The minimum absolute atomic E-state index is 0. The van der Waals surface area contributed by atoms with Crippen molar-refractivity contribution in [3.05, 3.63) is 45.4 Å². The number of nitrogens with one attached hydrogen (secondary N) is 2. The molecule has 1 aromatic carbocycles. The van der Waals surface area contributed by atoms with Crippen LogP contribution in [0.2, 0.25) is 0 Å². The molecule has 0 amide bonds. The van der Waals surface area contributed by atoms with Crippen LogP contribution in [0.25, 0.3) is 0 Å². The van der Waals surface area contributed by atoms with Gasteiger partial charge in [-0.2, -0.15) is 0 Å². The number of aromatic nitrogens is 1. The zero-order valence-corrected chi connectivity index (χ0v) is 17.7. The van der Waals surface area contributed by atoms with Crippen LogP contribution in [-0.4, -0.2) is 31.6 Å². The van der Waals surface area contributed by atoms with E-state index in [2.05, 4.69) is 39.7 Å². The van der Waals surface area contributed by atoms with E-state index in [0.717, 1.165) is 36.2 Å². The molecule has 1 aromatic heterocycles. The van der Waals surface area contributed by atoms with E-state index in [4.69, 9.17) is 4.74 Å². The summed E-state index contributed by atoms with van der Waals surface area (Å²) in [4.78, 5) is 9.70. The largest absolute Gasteiger partial charge is 0.496 e. The number of hydrogen-bond donors (Lipinski definition) is 2. The number of halogens is 1. The van der Waals surface area contributed by atoms with Gasteiger partial charge >= 0.3 is 0 Å². The number of aryl methyl sites for hydroxylation is 2. The Morgan fingerprint density at radius 2 is 2.08 bits per heavy atom. The number of hydrogen-bond acceptors (Lipinski definition) is 4. The third kappa shape index (κ3) is 6.27. The van der Waals surface area contributed by atoms with Crippen molar-refractivity contribution < 1.29 is 4.74 Å². The van der Waals surface area contributed by atoms with Crippen molar-refractivity contribution in [1.29, 1.82) is 0 Å². The molecule has 0 spiro atoms. The van der Waals surface area contributed by atoms with Gasteiger partial charge in [0.2, 0.25) is 0 Å².